The Labute approximate surface area is 219 Å². The number of hydrogen-bond acceptors (Lipinski definition) is 8. The molecule has 14 heteroatoms. The Morgan fingerprint density at radius 1 is 0.842 bits per heavy atom. The van der Waals surface area contributed by atoms with Crippen LogP contribution in [0.5, 0.6) is 0 Å². The first-order valence-electron chi connectivity index (χ1n) is 12.2. The summed E-state index contributed by atoms with van der Waals surface area (Å²) in [7, 11) is -2.31. The summed E-state index contributed by atoms with van der Waals surface area (Å²) in [5, 5.41) is 36.6. The molecule has 0 unspecified atom stereocenters. The molecule has 2 aromatic rings. The number of aliphatic carboxylic acids is 1. The van der Waals surface area contributed by atoms with Crippen LogP contribution in [0, 0.1) is 0 Å². The topological polar surface area (TPSA) is 184 Å². The zero-order valence-electron chi connectivity index (χ0n) is 20.4. The van der Waals surface area contributed by atoms with Crippen LogP contribution in [0.3, 0.4) is 0 Å². The van der Waals surface area contributed by atoms with Crippen molar-refractivity contribution in [3.05, 3.63) is 58.7 Å². The van der Waals surface area contributed by atoms with E-state index in [9.17, 15) is 29.2 Å². The summed E-state index contributed by atoms with van der Waals surface area (Å²) in [6.45, 7) is 0.262. The molecule has 198 valence electrons. The third kappa shape index (κ3) is 6.58. The van der Waals surface area contributed by atoms with Gasteiger partial charge in [0.1, 0.15) is 6.04 Å². The van der Waals surface area contributed by atoms with Gasteiger partial charge in [0.2, 0.25) is 5.91 Å². The minimum Gasteiger partial charge on any atom is -0.481 e. The second kappa shape index (κ2) is 12.2. The lowest BCUT2D eigenvalue weighted by Crippen LogP contribution is -2.53. The molecular formula is C24H27B2N3O9. The largest absolute Gasteiger partial charge is 0.491 e. The van der Waals surface area contributed by atoms with Crippen LogP contribution in [0.4, 0.5) is 0 Å². The van der Waals surface area contributed by atoms with Crippen LogP contribution in [-0.2, 0) is 31.7 Å². The predicted molar refractivity (Wildman–Crippen MR) is 136 cm³/mol. The first-order valence-corrected chi connectivity index (χ1v) is 12.2. The van der Waals surface area contributed by atoms with Gasteiger partial charge >= 0.3 is 20.2 Å². The fraction of sp³-hybridized carbons (Fsp3) is 0.333. The normalized spacial score (nSPS) is 15.1. The number of carboxylic acids is 1. The number of amides is 3. The highest BCUT2D eigenvalue weighted by molar-refractivity contribution is 6.61. The summed E-state index contributed by atoms with van der Waals surface area (Å²) in [6.07, 6.45) is 0.868. The van der Waals surface area contributed by atoms with Crippen molar-refractivity contribution in [2.75, 3.05) is 26.3 Å². The van der Waals surface area contributed by atoms with E-state index in [0.29, 0.717) is 37.0 Å². The first-order chi connectivity index (χ1) is 18.2. The van der Waals surface area contributed by atoms with Gasteiger partial charge in [0.25, 0.3) is 11.8 Å². The van der Waals surface area contributed by atoms with Crippen LogP contribution in [0.1, 0.15) is 38.3 Å². The highest BCUT2D eigenvalue weighted by Crippen LogP contribution is 2.11. The molecule has 0 saturated heterocycles. The molecule has 4 rings (SSSR count). The monoisotopic (exact) mass is 523 g/mol. The van der Waals surface area contributed by atoms with E-state index in [0.717, 1.165) is 11.1 Å². The van der Waals surface area contributed by atoms with Gasteiger partial charge in [0.15, 0.2) is 0 Å². The number of carbonyl (C=O) groups excluding carboxylic acids is 3. The number of fused-ring (bicyclic) bond motifs is 2. The van der Waals surface area contributed by atoms with Gasteiger partial charge in [0.05, 0.1) is 6.42 Å². The summed E-state index contributed by atoms with van der Waals surface area (Å²) in [5.41, 5.74) is 3.05. The maximum Gasteiger partial charge on any atom is 0.491 e. The summed E-state index contributed by atoms with van der Waals surface area (Å²) in [4.78, 5) is 49.4. The molecule has 3 amide bonds. The number of carbonyl (C=O) groups is 4. The average Bonchev–Trinajstić information content (AvgIpc) is 2.90. The van der Waals surface area contributed by atoms with Gasteiger partial charge in [0, 0.05) is 37.4 Å². The minimum absolute atomic E-state index is 0.167. The van der Waals surface area contributed by atoms with E-state index in [1.54, 1.807) is 24.3 Å². The maximum absolute atomic E-state index is 13.0. The Balaban J connectivity index is 1.46. The molecule has 0 fully saturated rings. The van der Waals surface area contributed by atoms with E-state index in [2.05, 4.69) is 16.0 Å². The number of carboxylic acid groups (broad SMARTS) is 1. The van der Waals surface area contributed by atoms with E-state index >= 15 is 0 Å². The maximum atomic E-state index is 13.0. The molecule has 0 bridgehead atoms. The Bertz CT molecular complexity index is 1240. The van der Waals surface area contributed by atoms with E-state index in [-0.39, 0.29) is 30.6 Å². The van der Waals surface area contributed by atoms with Crippen molar-refractivity contribution in [3.63, 3.8) is 0 Å². The standard InChI is InChI=1S/C24H27B2N3O9/c30-21(31)5-8-27-24(34)20(29-23(33)17-4-2-15-7-10-38-26(36)19(15)12-17)13-28-22(32)16-3-1-14-6-9-37-25(35)18(14)11-16/h1-4,11-12,20,35-36H,5-10,13H2,(H,27,34)(H,28,32)(H,29,33)(H,30,31)/t20-/m0/s1. The number of nitrogens with one attached hydrogen (secondary N) is 3. The minimum atomic E-state index is -1.23. The van der Waals surface area contributed by atoms with Gasteiger partial charge in [-0.1, -0.05) is 12.1 Å². The Kier molecular flexibility index (Phi) is 8.79. The Morgan fingerprint density at radius 3 is 1.95 bits per heavy atom. The van der Waals surface area contributed by atoms with Crippen molar-refractivity contribution in [2.45, 2.75) is 25.3 Å². The summed E-state index contributed by atoms with van der Waals surface area (Å²) >= 11 is 0. The van der Waals surface area contributed by atoms with Crippen LogP contribution in [-0.4, -0.2) is 85.4 Å². The van der Waals surface area contributed by atoms with E-state index in [4.69, 9.17) is 14.4 Å². The Morgan fingerprint density at radius 2 is 1.39 bits per heavy atom. The average molecular weight is 523 g/mol. The first kappa shape index (κ1) is 27.3. The summed E-state index contributed by atoms with van der Waals surface area (Å²) in [6, 6.07) is 8.33. The predicted octanol–water partition coefficient (Wildman–Crippen LogP) is -2.67. The van der Waals surface area contributed by atoms with Crippen LogP contribution in [0.25, 0.3) is 0 Å². The van der Waals surface area contributed by atoms with Crippen molar-refractivity contribution in [2.24, 2.45) is 0 Å². The van der Waals surface area contributed by atoms with E-state index < -0.39 is 44.0 Å². The van der Waals surface area contributed by atoms with Crippen molar-refractivity contribution < 1.29 is 43.6 Å². The second-order valence-corrected chi connectivity index (χ2v) is 8.94. The van der Waals surface area contributed by atoms with Crippen LogP contribution in [0.15, 0.2) is 36.4 Å². The number of benzene rings is 2. The molecule has 1 atom stereocenters. The fourth-order valence-electron chi connectivity index (χ4n) is 4.29. The van der Waals surface area contributed by atoms with E-state index in [1.165, 1.54) is 12.1 Å². The van der Waals surface area contributed by atoms with Gasteiger partial charge in [-0.15, -0.1) is 0 Å². The SMILES string of the molecule is O=C(O)CCNC(=O)[C@H](CNC(=O)c1ccc2c(c1)B(O)OCC2)NC(=O)c1ccc2c(c1)B(O)OCC2. The molecule has 0 spiro atoms. The highest BCUT2D eigenvalue weighted by Gasteiger charge is 2.28. The molecule has 12 nitrogen and oxygen atoms in total. The van der Waals surface area contributed by atoms with Crippen LogP contribution >= 0.6 is 0 Å². The lowest BCUT2D eigenvalue weighted by molar-refractivity contribution is -0.137. The van der Waals surface area contributed by atoms with Gasteiger partial charge in [-0.05, 0) is 59.2 Å². The highest BCUT2D eigenvalue weighted by atomic mass is 16.5. The third-order valence-corrected chi connectivity index (χ3v) is 6.37. The fourth-order valence-corrected chi connectivity index (χ4v) is 4.29. The molecule has 2 heterocycles. The number of hydrogen-bond donors (Lipinski definition) is 6. The zero-order chi connectivity index (χ0) is 27.2. The molecule has 0 aromatic heterocycles. The molecule has 2 aliphatic rings. The van der Waals surface area contributed by atoms with Crippen molar-refractivity contribution in [1.29, 1.82) is 0 Å². The molecule has 38 heavy (non-hydrogen) atoms. The lowest BCUT2D eigenvalue weighted by Gasteiger charge is -2.22. The third-order valence-electron chi connectivity index (χ3n) is 6.37. The summed E-state index contributed by atoms with van der Waals surface area (Å²) in [5.74, 6) is -2.97. The summed E-state index contributed by atoms with van der Waals surface area (Å²) < 4.78 is 10.4. The van der Waals surface area contributed by atoms with Crippen LogP contribution in [0.2, 0.25) is 0 Å². The molecule has 6 N–H and O–H groups in total. The van der Waals surface area contributed by atoms with Crippen molar-refractivity contribution >= 4 is 48.9 Å². The molecular weight excluding hydrogens is 496 g/mol. The molecule has 2 aromatic carbocycles. The van der Waals surface area contributed by atoms with Gasteiger partial charge in [-0.25, -0.2) is 0 Å². The lowest BCUT2D eigenvalue weighted by atomic mass is 9.73. The quantitative estimate of drug-likeness (QED) is 0.191. The number of rotatable bonds is 9. The van der Waals surface area contributed by atoms with Crippen molar-refractivity contribution in [3.8, 4) is 0 Å². The Hall–Kier alpha value is -3.71. The second-order valence-electron chi connectivity index (χ2n) is 8.94. The van der Waals surface area contributed by atoms with Gasteiger partial charge < -0.3 is 40.4 Å². The van der Waals surface area contributed by atoms with Gasteiger partial charge in [-0.3, -0.25) is 19.2 Å². The van der Waals surface area contributed by atoms with E-state index in [1.807, 2.05) is 0 Å². The zero-order valence-corrected chi connectivity index (χ0v) is 20.4. The smallest absolute Gasteiger partial charge is 0.481 e. The molecule has 2 aliphatic heterocycles. The van der Waals surface area contributed by atoms with Crippen LogP contribution < -0.4 is 26.9 Å². The molecule has 0 aliphatic carbocycles. The van der Waals surface area contributed by atoms with Gasteiger partial charge in [-0.2, -0.15) is 0 Å². The molecule has 0 saturated carbocycles. The van der Waals surface area contributed by atoms with Crippen molar-refractivity contribution in [1.82, 2.24) is 16.0 Å². The molecule has 0 radical (unpaired) electrons.